The van der Waals surface area contributed by atoms with Gasteiger partial charge in [-0.2, -0.15) is 5.10 Å². The van der Waals surface area contributed by atoms with Crippen molar-refractivity contribution in [3.8, 4) is 0 Å². The van der Waals surface area contributed by atoms with Crippen molar-refractivity contribution in [1.82, 2.24) is 20.0 Å². The monoisotopic (exact) mass is 331 g/mol. The fourth-order valence-electron chi connectivity index (χ4n) is 4.29. The molecule has 2 heterocycles. The minimum atomic E-state index is 0.0760. The van der Waals surface area contributed by atoms with Crippen LogP contribution in [0.4, 0.5) is 0 Å². The Morgan fingerprint density at radius 3 is 2.88 bits per heavy atom. The van der Waals surface area contributed by atoms with Gasteiger partial charge in [-0.15, -0.1) is 0 Å². The van der Waals surface area contributed by atoms with Gasteiger partial charge in [0.2, 0.25) is 0 Å². The van der Waals surface area contributed by atoms with Gasteiger partial charge >= 0.3 is 0 Å². The van der Waals surface area contributed by atoms with Crippen molar-refractivity contribution in [2.24, 2.45) is 23.4 Å². The van der Waals surface area contributed by atoms with Crippen LogP contribution in [0, 0.1) is 11.3 Å². The maximum atomic E-state index is 5.95. The Morgan fingerprint density at radius 2 is 2.29 bits per heavy atom. The summed E-state index contributed by atoms with van der Waals surface area (Å²) in [7, 11) is 3.84. The first-order chi connectivity index (χ1) is 11.7. The number of ether oxygens (including phenoxy) is 1. The third-order valence-electron chi connectivity index (χ3n) is 6.07. The van der Waals surface area contributed by atoms with Crippen LogP contribution in [0.2, 0.25) is 0 Å². The van der Waals surface area contributed by atoms with Gasteiger partial charge in [0.1, 0.15) is 6.10 Å². The number of aryl methyl sites for hydroxylation is 1. The van der Waals surface area contributed by atoms with Crippen LogP contribution in [-0.4, -0.2) is 53.9 Å². The van der Waals surface area contributed by atoms with Gasteiger partial charge in [-0.05, 0) is 37.0 Å². The lowest BCUT2D eigenvalue weighted by molar-refractivity contribution is -0.00857. The van der Waals surface area contributed by atoms with Crippen LogP contribution in [0.3, 0.4) is 0 Å². The topological polar surface area (TPSA) is 54.7 Å². The average molecular weight is 331 g/mol. The largest absolute Gasteiger partial charge is 0.370 e. The average Bonchev–Trinajstić information content (AvgIpc) is 3.31. The van der Waals surface area contributed by atoms with E-state index in [9.17, 15) is 0 Å². The molecule has 2 saturated carbocycles. The summed E-state index contributed by atoms with van der Waals surface area (Å²) >= 11 is 0. The van der Waals surface area contributed by atoms with Crippen LogP contribution in [0.1, 0.15) is 43.8 Å². The molecule has 132 valence electrons. The number of hydrogen-bond donors (Lipinski definition) is 1. The lowest BCUT2D eigenvalue weighted by Gasteiger charge is -2.44. The van der Waals surface area contributed by atoms with Crippen molar-refractivity contribution in [3.05, 3.63) is 18.0 Å². The molecule has 1 atom stereocenters. The molecule has 1 unspecified atom stereocenters. The summed E-state index contributed by atoms with van der Waals surface area (Å²) in [4.78, 5) is 6.88. The highest BCUT2D eigenvalue weighted by molar-refractivity contribution is 5.80. The number of guanidine groups is 1. The van der Waals surface area contributed by atoms with E-state index in [2.05, 4.69) is 20.3 Å². The summed E-state index contributed by atoms with van der Waals surface area (Å²) in [6, 6.07) is 0. The molecule has 6 nitrogen and oxygen atoms in total. The Hall–Kier alpha value is -1.56. The molecule has 3 fully saturated rings. The third-order valence-corrected chi connectivity index (χ3v) is 6.07. The van der Waals surface area contributed by atoms with Crippen LogP contribution >= 0.6 is 0 Å². The van der Waals surface area contributed by atoms with Crippen LogP contribution < -0.4 is 5.32 Å². The van der Waals surface area contributed by atoms with E-state index < -0.39 is 0 Å². The standard InChI is InChI=1S/C18H29N5O/c1-19-17(20-13-18(6-3-7-18)15-4-5-15)23-8-9-24-16(12-23)14-10-21-22(2)11-14/h10-11,15-16H,3-9,12-13H2,1-2H3,(H,19,20). The highest BCUT2D eigenvalue weighted by Crippen LogP contribution is 2.56. The SMILES string of the molecule is CN=C(NCC1(C2CC2)CCC1)N1CCOC(c2cnn(C)c2)C1. The molecule has 0 aromatic carbocycles. The summed E-state index contributed by atoms with van der Waals surface area (Å²) in [5.74, 6) is 1.99. The molecule has 1 aromatic heterocycles. The van der Waals surface area contributed by atoms with Crippen molar-refractivity contribution in [2.45, 2.75) is 38.2 Å². The lowest BCUT2D eigenvalue weighted by atomic mass is 9.65. The number of nitrogens with one attached hydrogen (secondary N) is 1. The van der Waals surface area contributed by atoms with E-state index in [1.165, 1.54) is 32.1 Å². The van der Waals surface area contributed by atoms with Gasteiger partial charge in [0.15, 0.2) is 5.96 Å². The van der Waals surface area contributed by atoms with Gasteiger partial charge in [0, 0.05) is 38.9 Å². The Bertz CT molecular complexity index is 602. The van der Waals surface area contributed by atoms with E-state index in [0.29, 0.717) is 5.41 Å². The molecule has 0 bridgehead atoms. The predicted molar refractivity (Wildman–Crippen MR) is 93.8 cm³/mol. The Labute approximate surface area is 144 Å². The number of morpholine rings is 1. The molecule has 0 radical (unpaired) electrons. The van der Waals surface area contributed by atoms with Crippen molar-refractivity contribution < 1.29 is 4.74 Å². The second kappa shape index (κ2) is 6.39. The number of aromatic nitrogens is 2. The summed E-state index contributed by atoms with van der Waals surface area (Å²) < 4.78 is 7.78. The predicted octanol–water partition coefficient (Wildman–Crippen LogP) is 1.95. The summed E-state index contributed by atoms with van der Waals surface area (Å²) in [6.45, 7) is 3.54. The number of nitrogens with zero attached hydrogens (tertiary/aromatic N) is 4. The molecule has 1 aromatic rings. The number of rotatable bonds is 4. The molecular weight excluding hydrogens is 302 g/mol. The van der Waals surface area contributed by atoms with Crippen molar-refractivity contribution in [1.29, 1.82) is 0 Å². The van der Waals surface area contributed by atoms with Crippen LogP contribution in [0.5, 0.6) is 0 Å². The zero-order valence-electron chi connectivity index (χ0n) is 14.9. The smallest absolute Gasteiger partial charge is 0.193 e. The van der Waals surface area contributed by atoms with E-state index in [1.54, 1.807) is 0 Å². The van der Waals surface area contributed by atoms with E-state index in [0.717, 1.165) is 43.7 Å². The summed E-state index contributed by atoms with van der Waals surface area (Å²) in [6.07, 6.45) is 11.1. The Kier molecular flexibility index (Phi) is 4.24. The molecule has 6 heteroatoms. The fraction of sp³-hybridized carbons (Fsp3) is 0.778. The van der Waals surface area contributed by atoms with E-state index in [1.807, 2.05) is 31.2 Å². The van der Waals surface area contributed by atoms with Gasteiger partial charge < -0.3 is 15.0 Å². The minimum absolute atomic E-state index is 0.0760. The van der Waals surface area contributed by atoms with Gasteiger partial charge in [0.25, 0.3) is 0 Å². The van der Waals surface area contributed by atoms with Crippen molar-refractivity contribution in [3.63, 3.8) is 0 Å². The van der Waals surface area contributed by atoms with Crippen molar-refractivity contribution >= 4 is 5.96 Å². The zero-order valence-corrected chi connectivity index (χ0v) is 14.9. The zero-order chi connectivity index (χ0) is 16.6. The van der Waals surface area contributed by atoms with Crippen LogP contribution in [0.15, 0.2) is 17.4 Å². The highest BCUT2D eigenvalue weighted by Gasteiger charge is 2.48. The molecule has 3 aliphatic rings. The molecule has 24 heavy (non-hydrogen) atoms. The second-order valence-electron chi connectivity index (χ2n) is 7.64. The minimum Gasteiger partial charge on any atom is -0.370 e. The first-order valence-corrected chi connectivity index (χ1v) is 9.26. The van der Waals surface area contributed by atoms with Crippen LogP contribution in [0.25, 0.3) is 0 Å². The molecule has 0 spiro atoms. The molecule has 1 aliphatic heterocycles. The highest BCUT2D eigenvalue weighted by atomic mass is 16.5. The van der Waals surface area contributed by atoms with Gasteiger partial charge in [0.05, 0.1) is 19.3 Å². The fourth-order valence-corrected chi connectivity index (χ4v) is 4.29. The molecule has 1 saturated heterocycles. The Morgan fingerprint density at radius 1 is 1.46 bits per heavy atom. The van der Waals surface area contributed by atoms with E-state index in [4.69, 9.17) is 4.74 Å². The molecule has 2 aliphatic carbocycles. The van der Waals surface area contributed by atoms with Gasteiger partial charge in [-0.3, -0.25) is 9.67 Å². The first kappa shape index (κ1) is 15.9. The third kappa shape index (κ3) is 3.04. The van der Waals surface area contributed by atoms with Crippen molar-refractivity contribution in [2.75, 3.05) is 33.3 Å². The van der Waals surface area contributed by atoms with E-state index in [-0.39, 0.29) is 6.10 Å². The van der Waals surface area contributed by atoms with E-state index >= 15 is 0 Å². The normalized spacial score (nSPS) is 27.0. The summed E-state index contributed by atoms with van der Waals surface area (Å²) in [5, 5.41) is 7.95. The lowest BCUT2D eigenvalue weighted by Crippen LogP contribution is -2.52. The number of hydrogen-bond acceptors (Lipinski definition) is 3. The van der Waals surface area contributed by atoms with Gasteiger partial charge in [-0.25, -0.2) is 0 Å². The molecule has 4 rings (SSSR count). The second-order valence-corrected chi connectivity index (χ2v) is 7.64. The summed E-state index contributed by atoms with van der Waals surface area (Å²) in [5.41, 5.74) is 1.71. The quantitative estimate of drug-likeness (QED) is 0.677. The molecule has 0 amide bonds. The maximum absolute atomic E-state index is 5.95. The van der Waals surface area contributed by atoms with Crippen LogP contribution in [-0.2, 0) is 11.8 Å². The Balaban J connectivity index is 1.37. The molecule has 1 N–H and O–H groups in total. The number of aliphatic imine (C=N–C) groups is 1. The maximum Gasteiger partial charge on any atom is 0.193 e. The molecular formula is C18H29N5O. The van der Waals surface area contributed by atoms with Gasteiger partial charge in [-0.1, -0.05) is 6.42 Å². The first-order valence-electron chi connectivity index (χ1n) is 9.26.